The van der Waals surface area contributed by atoms with Crippen molar-refractivity contribution in [2.45, 2.75) is 6.92 Å². The van der Waals surface area contributed by atoms with E-state index in [4.69, 9.17) is 0 Å². The van der Waals surface area contributed by atoms with Crippen molar-refractivity contribution in [3.8, 4) is 0 Å². The molecular formula is C12H13N. The smallest absolute Gasteiger partial charge is 0.0338 e. The lowest BCUT2D eigenvalue weighted by atomic mass is 10.1. The highest BCUT2D eigenvalue weighted by atomic mass is 14.6. The summed E-state index contributed by atoms with van der Waals surface area (Å²) in [6, 6.07) is 10.1. The van der Waals surface area contributed by atoms with Crippen LogP contribution in [-0.2, 0) is 0 Å². The van der Waals surface area contributed by atoms with Crippen LogP contribution in [0.5, 0.6) is 0 Å². The standard InChI is InChI=1S/C12H13N/c1-3-7-12(10-13-2)11-8-5-4-6-9-11/h3-10H,2H2,1H3/b7-3-,12-10+. The molecule has 0 atom stereocenters. The summed E-state index contributed by atoms with van der Waals surface area (Å²) < 4.78 is 0. The fraction of sp³-hybridized carbons (Fsp3) is 0.0833. The molecule has 0 N–H and O–H groups in total. The molecule has 0 bridgehead atoms. The topological polar surface area (TPSA) is 12.4 Å². The molecule has 0 aliphatic rings. The second-order valence-electron chi connectivity index (χ2n) is 2.63. The van der Waals surface area contributed by atoms with Gasteiger partial charge in [0, 0.05) is 6.20 Å². The molecule has 0 amide bonds. The number of aliphatic imine (C=N–C) groups is 1. The molecule has 0 aromatic heterocycles. The summed E-state index contributed by atoms with van der Waals surface area (Å²) in [5, 5.41) is 0. The lowest BCUT2D eigenvalue weighted by Crippen LogP contribution is -1.78. The Kier molecular flexibility index (Phi) is 3.71. The van der Waals surface area contributed by atoms with Crippen molar-refractivity contribution in [3.63, 3.8) is 0 Å². The number of hydrogen-bond acceptors (Lipinski definition) is 1. The molecule has 0 spiro atoms. The van der Waals surface area contributed by atoms with E-state index in [1.165, 1.54) is 0 Å². The second kappa shape index (κ2) is 5.09. The molecule has 66 valence electrons. The van der Waals surface area contributed by atoms with Crippen molar-refractivity contribution in [2.75, 3.05) is 0 Å². The summed E-state index contributed by atoms with van der Waals surface area (Å²) in [5.41, 5.74) is 2.24. The quantitative estimate of drug-likeness (QED) is 0.488. The zero-order valence-electron chi connectivity index (χ0n) is 7.77. The van der Waals surface area contributed by atoms with Gasteiger partial charge in [-0.15, -0.1) is 0 Å². The van der Waals surface area contributed by atoms with Gasteiger partial charge in [-0.2, -0.15) is 0 Å². The van der Waals surface area contributed by atoms with Crippen LogP contribution in [0.15, 0.2) is 53.7 Å². The summed E-state index contributed by atoms with van der Waals surface area (Å²) in [4.78, 5) is 3.77. The fourth-order valence-corrected chi connectivity index (χ4v) is 1.12. The van der Waals surface area contributed by atoms with Crippen molar-refractivity contribution < 1.29 is 0 Å². The van der Waals surface area contributed by atoms with Crippen LogP contribution in [0.25, 0.3) is 5.57 Å². The van der Waals surface area contributed by atoms with E-state index in [0.29, 0.717) is 0 Å². The predicted molar refractivity (Wildman–Crippen MR) is 58.8 cm³/mol. The Morgan fingerprint density at radius 3 is 2.54 bits per heavy atom. The van der Waals surface area contributed by atoms with Gasteiger partial charge >= 0.3 is 0 Å². The first kappa shape index (κ1) is 9.46. The second-order valence-corrected chi connectivity index (χ2v) is 2.63. The van der Waals surface area contributed by atoms with Crippen LogP contribution in [0, 0.1) is 0 Å². The molecule has 0 aliphatic heterocycles. The summed E-state index contributed by atoms with van der Waals surface area (Å²) in [7, 11) is 0. The van der Waals surface area contributed by atoms with Crippen LogP contribution < -0.4 is 0 Å². The summed E-state index contributed by atoms with van der Waals surface area (Å²) in [6.45, 7) is 5.43. The summed E-state index contributed by atoms with van der Waals surface area (Å²) >= 11 is 0. The van der Waals surface area contributed by atoms with Gasteiger partial charge in [0.2, 0.25) is 0 Å². The lowest BCUT2D eigenvalue weighted by molar-refractivity contribution is 1.55. The van der Waals surface area contributed by atoms with E-state index in [-0.39, 0.29) is 0 Å². The predicted octanol–water partition coefficient (Wildman–Crippen LogP) is 3.30. The van der Waals surface area contributed by atoms with Gasteiger partial charge in [0.25, 0.3) is 0 Å². The molecule has 1 heteroatoms. The van der Waals surface area contributed by atoms with Gasteiger partial charge < -0.3 is 0 Å². The van der Waals surface area contributed by atoms with Crippen molar-refractivity contribution in [1.82, 2.24) is 0 Å². The van der Waals surface area contributed by atoms with Gasteiger partial charge in [-0.3, -0.25) is 4.99 Å². The third-order valence-electron chi connectivity index (χ3n) is 1.68. The van der Waals surface area contributed by atoms with Gasteiger partial charge in [-0.05, 0) is 24.8 Å². The first-order valence-electron chi connectivity index (χ1n) is 4.22. The van der Waals surface area contributed by atoms with Crippen LogP contribution in [0.3, 0.4) is 0 Å². The monoisotopic (exact) mass is 171 g/mol. The van der Waals surface area contributed by atoms with Crippen LogP contribution >= 0.6 is 0 Å². The number of allylic oxidation sites excluding steroid dienone is 3. The van der Waals surface area contributed by atoms with Crippen molar-refractivity contribution in [1.29, 1.82) is 0 Å². The minimum atomic E-state index is 1.08. The highest BCUT2D eigenvalue weighted by Crippen LogP contribution is 2.14. The van der Waals surface area contributed by atoms with Crippen LogP contribution in [-0.4, -0.2) is 6.72 Å². The summed E-state index contributed by atoms with van der Waals surface area (Å²) in [5.74, 6) is 0. The average molecular weight is 171 g/mol. The van der Waals surface area contributed by atoms with Gasteiger partial charge in [-0.1, -0.05) is 42.5 Å². The largest absolute Gasteiger partial charge is 0.272 e. The first-order valence-corrected chi connectivity index (χ1v) is 4.22. The minimum absolute atomic E-state index is 1.08. The van der Waals surface area contributed by atoms with E-state index >= 15 is 0 Å². The number of rotatable bonds is 3. The third-order valence-corrected chi connectivity index (χ3v) is 1.68. The molecule has 1 aromatic carbocycles. The molecule has 0 radical (unpaired) electrons. The molecule has 0 heterocycles. The van der Waals surface area contributed by atoms with Crippen LogP contribution in [0.2, 0.25) is 0 Å². The SMILES string of the molecule is C=N/C=C(\C=C/C)c1ccccc1. The Balaban J connectivity index is 3.03. The zero-order valence-corrected chi connectivity index (χ0v) is 7.77. The van der Waals surface area contributed by atoms with Crippen LogP contribution in [0.4, 0.5) is 0 Å². The Labute approximate surface area is 79.1 Å². The molecule has 13 heavy (non-hydrogen) atoms. The maximum Gasteiger partial charge on any atom is 0.0338 e. The van der Waals surface area contributed by atoms with Gasteiger partial charge in [0.05, 0.1) is 0 Å². The third kappa shape index (κ3) is 2.71. The Hall–Kier alpha value is -1.63. The molecule has 0 unspecified atom stereocenters. The van der Waals surface area contributed by atoms with E-state index in [2.05, 4.69) is 23.8 Å². The molecule has 0 fully saturated rings. The van der Waals surface area contributed by atoms with Crippen LogP contribution in [0.1, 0.15) is 12.5 Å². The maximum atomic E-state index is 3.77. The number of nitrogens with zero attached hydrogens (tertiary/aromatic N) is 1. The number of benzene rings is 1. The molecule has 0 aliphatic carbocycles. The minimum Gasteiger partial charge on any atom is -0.272 e. The average Bonchev–Trinajstić information content (AvgIpc) is 2.19. The Morgan fingerprint density at radius 1 is 1.31 bits per heavy atom. The molecule has 0 saturated carbocycles. The van der Waals surface area contributed by atoms with Gasteiger partial charge in [0.1, 0.15) is 0 Å². The highest BCUT2D eigenvalue weighted by Gasteiger charge is 1.93. The number of hydrogen-bond donors (Lipinski definition) is 0. The van der Waals surface area contributed by atoms with E-state index in [1.807, 2.05) is 37.3 Å². The van der Waals surface area contributed by atoms with E-state index in [9.17, 15) is 0 Å². The summed E-state index contributed by atoms with van der Waals surface area (Å²) in [6.07, 6.45) is 5.77. The van der Waals surface area contributed by atoms with E-state index < -0.39 is 0 Å². The normalized spacial score (nSPS) is 11.9. The van der Waals surface area contributed by atoms with E-state index in [0.717, 1.165) is 11.1 Å². The van der Waals surface area contributed by atoms with Gasteiger partial charge in [-0.25, -0.2) is 0 Å². The van der Waals surface area contributed by atoms with Crippen molar-refractivity contribution in [3.05, 3.63) is 54.2 Å². The van der Waals surface area contributed by atoms with E-state index in [1.54, 1.807) is 6.20 Å². The van der Waals surface area contributed by atoms with Crippen molar-refractivity contribution >= 4 is 12.3 Å². The zero-order chi connectivity index (χ0) is 9.52. The molecule has 1 aromatic rings. The Bertz CT molecular complexity index is 320. The maximum absolute atomic E-state index is 3.77. The fourth-order valence-electron chi connectivity index (χ4n) is 1.12. The van der Waals surface area contributed by atoms with Gasteiger partial charge in [0.15, 0.2) is 0 Å². The molecule has 0 saturated heterocycles. The Morgan fingerprint density at radius 2 is 2.00 bits per heavy atom. The van der Waals surface area contributed by atoms with Crippen molar-refractivity contribution in [2.24, 2.45) is 4.99 Å². The molecular weight excluding hydrogens is 158 g/mol. The highest BCUT2D eigenvalue weighted by molar-refractivity contribution is 5.73. The molecule has 1 rings (SSSR count). The molecule has 1 nitrogen and oxygen atoms in total. The first-order chi connectivity index (χ1) is 6.38. The lowest BCUT2D eigenvalue weighted by Gasteiger charge is -1.99.